The van der Waals surface area contributed by atoms with E-state index in [2.05, 4.69) is 5.32 Å². The number of nitrogens with one attached hydrogen (secondary N) is 1. The largest absolute Gasteiger partial charge is 0.508 e. The third-order valence-corrected chi connectivity index (χ3v) is 4.86. The number of hydrogen-bond donors (Lipinski definition) is 2. The van der Waals surface area contributed by atoms with E-state index in [0.717, 1.165) is 5.69 Å². The van der Waals surface area contributed by atoms with Gasteiger partial charge in [-0.05, 0) is 55.3 Å². The van der Waals surface area contributed by atoms with Crippen LogP contribution in [-0.4, -0.2) is 55.0 Å². The Kier molecular flexibility index (Phi) is 5.64. The summed E-state index contributed by atoms with van der Waals surface area (Å²) in [5.74, 6) is -0.101. The summed E-state index contributed by atoms with van der Waals surface area (Å²) in [6, 6.07) is 13.9. The Morgan fingerprint density at radius 2 is 1.70 bits per heavy atom. The highest BCUT2D eigenvalue weighted by Crippen LogP contribution is 2.18. The summed E-state index contributed by atoms with van der Waals surface area (Å²) >= 11 is 0. The second-order valence-electron chi connectivity index (χ2n) is 7.03. The molecule has 0 saturated carbocycles. The van der Waals surface area contributed by atoms with Crippen LogP contribution in [0.1, 0.15) is 33.6 Å². The number of phenols is 1. The van der Waals surface area contributed by atoms with Crippen molar-refractivity contribution in [2.45, 2.75) is 18.9 Å². The van der Waals surface area contributed by atoms with Crippen molar-refractivity contribution in [2.24, 2.45) is 0 Å². The number of amides is 2. The number of nitrogens with zero attached hydrogens (tertiary/aromatic N) is 2. The first kappa shape index (κ1) is 18.8. The number of rotatable bonds is 4. The molecule has 1 heterocycles. The zero-order valence-electron chi connectivity index (χ0n) is 15.7. The number of hydrogen-bond acceptors (Lipinski definition) is 4. The van der Waals surface area contributed by atoms with Gasteiger partial charge in [0.1, 0.15) is 5.75 Å². The van der Waals surface area contributed by atoms with E-state index >= 15 is 0 Å². The number of phenolic OH excluding ortho intramolecular Hbond substituents is 1. The van der Waals surface area contributed by atoms with E-state index in [4.69, 9.17) is 0 Å². The minimum Gasteiger partial charge on any atom is -0.508 e. The van der Waals surface area contributed by atoms with Crippen LogP contribution in [0.3, 0.4) is 0 Å². The number of likely N-dealkylation sites (tertiary alicyclic amines) is 1. The molecule has 2 aromatic carbocycles. The van der Waals surface area contributed by atoms with Crippen LogP contribution in [0.2, 0.25) is 0 Å². The molecule has 2 N–H and O–H groups in total. The van der Waals surface area contributed by atoms with Crippen LogP contribution in [-0.2, 0) is 0 Å². The Morgan fingerprint density at radius 1 is 1.04 bits per heavy atom. The third kappa shape index (κ3) is 4.58. The Labute approximate surface area is 159 Å². The van der Waals surface area contributed by atoms with Crippen LogP contribution in [0.25, 0.3) is 0 Å². The van der Waals surface area contributed by atoms with Crippen LogP contribution in [0.15, 0.2) is 48.5 Å². The van der Waals surface area contributed by atoms with Crippen LogP contribution in [0, 0.1) is 0 Å². The van der Waals surface area contributed by atoms with Crippen molar-refractivity contribution in [3.63, 3.8) is 0 Å². The van der Waals surface area contributed by atoms with E-state index in [1.807, 2.05) is 48.2 Å². The number of anilines is 1. The van der Waals surface area contributed by atoms with Gasteiger partial charge in [0, 0.05) is 50.0 Å². The number of carbonyl (C=O) groups excluding carboxylic acids is 2. The molecule has 2 aromatic rings. The third-order valence-electron chi connectivity index (χ3n) is 4.86. The summed E-state index contributed by atoms with van der Waals surface area (Å²) in [5.41, 5.74) is 2.18. The molecule has 142 valence electrons. The van der Waals surface area contributed by atoms with Gasteiger partial charge in [0.05, 0.1) is 0 Å². The standard InChI is InChI=1S/C21H25N3O3/c1-23(2)18-8-6-15(7-9-18)21(27)24-12-10-17(11-13-24)22-20(26)16-4-3-5-19(25)14-16/h3-9,14,17,25H,10-13H2,1-2H3,(H,22,26). The van der Waals surface area contributed by atoms with Gasteiger partial charge in [-0.3, -0.25) is 9.59 Å². The van der Waals surface area contributed by atoms with Crippen LogP contribution in [0.5, 0.6) is 5.75 Å². The van der Waals surface area contributed by atoms with E-state index in [9.17, 15) is 14.7 Å². The maximum Gasteiger partial charge on any atom is 0.253 e. The molecular weight excluding hydrogens is 342 g/mol. The molecule has 27 heavy (non-hydrogen) atoms. The molecule has 1 aliphatic rings. The Hall–Kier alpha value is -3.02. The maximum atomic E-state index is 12.7. The number of benzene rings is 2. The van der Waals surface area contributed by atoms with Crippen molar-refractivity contribution >= 4 is 17.5 Å². The van der Waals surface area contributed by atoms with Crippen molar-refractivity contribution in [1.82, 2.24) is 10.2 Å². The quantitative estimate of drug-likeness (QED) is 0.871. The van der Waals surface area contributed by atoms with Gasteiger partial charge in [-0.25, -0.2) is 0 Å². The second-order valence-corrected chi connectivity index (χ2v) is 7.03. The maximum absolute atomic E-state index is 12.7. The molecule has 1 fully saturated rings. The molecule has 6 nitrogen and oxygen atoms in total. The zero-order valence-corrected chi connectivity index (χ0v) is 15.7. The second kappa shape index (κ2) is 8.12. The van der Waals surface area contributed by atoms with Gasteiger partial charge in [0.25, 0.3) is 11.8 Å². The molecule has 0 aliphatic carbocycles. The molecule has 0 spiro atoms. The lowest BCUT2D eigenvalue weighted by Crippen LogP contribution is -2.46. The number of piperidine rings is 1. The molecule has 0 radical (unpaired) electrons. The molecule has 0 atom stereocenters. The smallest absolute Gasteiger partial charge is 0.253 e. The lowest BCUT2D eigenvalue weighted by Gasteiger charge is -2.32. The summed E-state index contributed by atoms with van der Waals surface area (Å²) in [7, 11) is 3.93. The zero-order chi connectivity index (χ0) is 19.4. The normalized spacial score (nSPS) is 14.7. The van der Waals surface area contributed by atoms with Gasteiger partial charge in [0.2, 0.25) is 0 Å². The average Bonchev–Trinajstić information content (AvgIpc) is 2.68. The van der Waals surface area contributed by atoms with Crippen molar-refractivity contribution in [3.8, 4) is 5.75 Å². The van der Waals surface area contributed by atoms with Gasteiger partial charge in [-0.15, -0.1) is 0 Å². The predicted molar refractivity (Wildman–Crippen MR) is 105 cm³/mol. The molecule has 0 bridgehead atoms. The molecule has 0 unspecified atom stereocenters. The predicted octanol–water partition coefficient (Wildman–Crippen LogP) is 2.49. The first-order valence-corrected chi connectivity index (χ1v) is 9.10. The number of carbonyl (C=O) groups is 2. The topological polar surface area (TPSA) is 72.9 Å². The van der Waals surface area contributed by atoms with Crippen molar-refractivity contribution in [2.75, 3.05) is 32.1 Å². The van der Waals surface area contributed by atoms with E-state index < -0.39 is 0 Å². The minimum atomic E-state index is -0.199. The van der Waals surface area contributed by atoms with Crippen LogP contribution in [0.4, 0.5) is 5.69 Å². The molecular formula is C21H25N3O3. The lowest BCUT2D eigenvalue weighted by molar-refractivity contribution is 0.0698. The summed E-state index contributed by atoms with van der Waals surface area (Å²) in [6.07, 6.45) is 1.43. The van der Waals surface area contributed by atoms with Gasteiger partial charge >= 0.3 is 0 Å². The van der Waals surface area contributed by atoms with Crippen molar-refractivity contribution in [1.29, 1.82) is 0 Å². The van der Waals surface area contributed by atoms with Crippen molar-refractivity contribution in [3.05, 3.63) is 59.7 Å². The van der Waals surface area contributed by atoms with E-state index in [1.165, 1.54) is 12.1 Å². The van der Waals surface area contributed by atoms with Crippen LogP contribution >= 0.6 is 0 Å². The highest BCUT2D eigenvalue weighted by atomic mass is 16.3. The Balaban J connectivity index is 1.53. The molecule has 2 amide bonds. The summed E-state index contributed by atoms with van der Waals surface area (Å²) in [4.78, 5) is 28.8. The van der Waals surface area contributed by atoms with Gasteiger partial charge < -0.3 is 20.2 Å². The Morgan fingerprint density at radius 3 is 2.30 bits per heavy atom. The fraction of sp³-hybridized carbons (Fsp3) is 0.333. The van der Waals surface area contributed by atoms with Crippen LogP contribution < -0.4 is 10.2 Å². The monoisotopic (exact) mass is 367 g/mol. The SMILES string of the molecule is CN(C)c1ccc(C(=O)N2CCC(NC(=O)c3cccc(O)c3)CC2)cc1. The fourth-order valence-electron chi connectivity index (χ4n) is 3.23. The molecule has 1 aliphatic heterocycles. The molecule has 6 heteroatoms. The molecule has 0 aromatic heterocycles. The minimum absolute atomic E-state index is 0.0260. The van der Waals surface area contributed by atoms with E-state index in [1.54, 1.807) is 12.1 Å². The first-order chi connectivity index (χ1) is 12.9. The van der Waals surface area contributed by atoms with E-state index in [0.29, 0.717) is 37.1 Å². The van der Waals surface area contributed by atoms with Gasteiger partial charge in [0.15, 0.2) is 0 Å². The van der Waals surface area contributed by atoms with Gasteiger partial charge in [-0.2, -0.15) is 0 Å². The fourth-order valence-corrected chi connectivity index (χ4v) is 3.23. The molecule has 3 rings (SSSR count). The van der Waals surface area contributed by atoms with Crippen molar-refractivity contribution < 1.29 is 14.7 Å². The highest BCUT2D eigenvalue weighted by molar-refractivity contribution is 5.95. The van der Waals surface area contributed by atoms with E-state index in [-0.39, 0.29) is 23.6 Å². The lowest BCUT2D eigenvalue weighted by atomic mass is 10.0. The summed E-state index contributed by atoms with van der Waals surface area (Å²) in [5, 5.41) is 12.5. The highest BCUT2D eigenvalue weighted by Gasteiger charge is 2.25. The Bertz CT molecular complexity index is 810. The average molecular weight is 367 g/mol. The first-order valence-electron chi connectivity index (χ1n) is 9.10. The van der Waals surface area contributed by atoms with Gasteiger partial charge in [-0.1, -0.05) is 6.07 Å². The summed E-state index contributed by atoms with van der Waals surface area (Å²) < 4.78 is 0. The number of aromatic hydroxyl groups is 1. The molecule has 1 saturated heterocycles. The summed E-state index contributed by atoms with van der Waals surface area (Å²) in [6.45, 7) is 1.22.